The third-order valence-electron chi connectivity index (χ3n) is 5.36. The lowest BCUT2D eigenvalue weighted by Gasteiger charge is -2.19. The van der Waals surface area contributed by atoms with E-state index in [-0.39, 0.29) is 23.6 Å². The molecule has 0 aliphatic carbocycles. The van der Waals surface area contributed by atoms with Crippen molar-refractivity contribution in [3.63, 3.8) is 0 Å². The highest BCUT2D eigenvalue weighted by Crippen LogP contribution is 2.21. The van der Waals surface area contributed by atoms with Gasteiger partial charge in [0.15, 0.2) is 0 Å². The van der Waals surface area contributed by atoms with Crippen molar-refractivity contribution in [2.75, 3.05) is 26.2 Å². The van der Waals surface area contributed by atoms with Crippen LogP contribution in [0.1, 0.15) is 12.0 Å². The zero-order valence-corrected chi connectivity index (χ0v) is 16.7. The summed E-state index contributed by atoms with van der Waals surface area (Å²) in [4.78, 5) is 29.6. The molecule has 1 saturated heterocycles. The van der Waals surface area contributed by atoms with Gasteiger partial charge in [0.05, 0.1) is 24.8 Å². The minimum Gasteiger partial charge on any atom is -0.444 e. The summed E-state index contributed by atoms with van der Waals surface area (Å²) in [6.45, 7) is 2.22. The third kappa shape index (κ3) is 4.06. The van der Waals surface area contributed by atoms with E-state index in [0.29, 0.717) is 55.9 Å². The summed E-state index contributed by atoms with van der Waals surface area (Å²) in [5.41, 5.74) is 0.985. The van der Waals surface area contributed by atoms with Gasteiger partial charge in [0.2, 0.25) is 0 Å². The van der Waals surface area contributed by atoms with Crippen LogP contribution in [0.3, 0.4) is 0 Å². The van der Waals surface area contributed by atoms with Crippen LogP contribution in [0.4, 0.5) is 9.18 Å². The number of hydrogen-bond donors (Lipinski definition) is 2. The highest BCUT2D eigenvalue weighted by molar-refractivity contribution is 5.82. The van der Waals surface area contributed by atoms with Gasteiger partial charge >= 0.3 is 6.09 Å². The molecule has 8 nitrogen and oxygen atoms in total. The SMILES string of the molecule is Cn1c(=O)ccc2ccc(F)c(CCNCC[C@H]3CN(C4=CN=CCN4)C(=O)O3)c21. The van der Waals surface area contributed by atoms with Crippen molar-refractivity contribution in [2.45, 2.75) is 18.9 Å². The Morgan fingerprint density at radius 1 is 1.27 bits per heavy atom. The van der Waals surface area contributed by atoms with Crippen molar-refractivity contribution in [1.29, 1.82) is 0 Å². The molecule has 1 atom stereocenters. The van der Waals surface area contributed by atoms with Crippen LogP contribution < -0.4 is 16.2 Å². The van der Waals surface area contributed by atoms with Crippen molar-refractivity contribution in [2.24, 2.45) is 12.0 Å². The molecule has 9 heteroatoms. The first-order chi connectivity index (χ1) is 14.5. The van der Waals surface area contributed by atoms with Crippen molar-refractivity contribution >= 4 is 23.2 Å². The fourth-order valence-electron chi connectivity index (χ4n) is 3.79. The molecule has 158 valence electrons. The van der Waals surface area contributed by atoms with Crippen LogP contribution in [0.15, 0.2) is 46.1 Å². The summed E-state index contributed by atoms with van der Waals surface area (Å²) in [5.74, 6) is 0.330. The van der Waals surface area contributed by atoms with Gasteiger partial charge in [-0.1, -0.05) is 0 Å². The number of nitrogens with one attached hydrogen (secondary N) is 2. The van der Waals surface area contributed by atoms with Crippen LogP contribution in [-0.2, 0) is 18.2 Å². The summed E-state index contributed by atoms with van der Waals surface area (Å²) in [5, 5.41) is 7.21. The number of carbonyl (C=O) groups is 1. The van der Waals surface area contributed by atoms with E-state index < -0.39 is 0 Å². The molecule has 0 radical (unpaired) electrons. The van der Waals surface area contributed by atoms with Gasteiger partial charge < -0.3 is 19.9 Å². The molecule has 2 aromatic rings. The van der Waals surface area contributed by atoms with Gasteiger partial charge in [-0.05, 0) is 49.5 Å². The number of benzene rings is 1. The van der Waals surface area contributed by atoms with Crippen LogP contribution in [0.2, 0.25) is 0 Å². The Bertz CT molecular complexity index is 1080. The van der Waals surface area contributed by atoms with Gasteiger partial charge in [0.1, 0.15) is 17.7 Å². The van der Waals surface area contributed by atoms with Crippen molar-refractivity contribution in [3.8, 4) is 0 Å². The van der Waals surface area contributed by atoms with Crippen LogP contribution in [-0.4, -0.2) is 54.1 Å². The second-order valence-electron chi connectivity index (χ2n) is 7.33. The number of cyclic esters (lactones) is 1. The number of aryl methyl sites for hydroxylation is 1. The first-order valence-electron chi connectivity index (χ1n) is 9.96. The van der Waals surface area contributed by atoms with Crippen LogP contribution >= 0.6 is 0 Å². The summed E-state index contributed by atoms with van der Waals surface area (Å²) in [6.07, 6.45) is 3.84. The average Bonchev–Trinajstić information content (AvgIpc) is 3.13. The number of pyridine rings is 1. The van der Waals surface area contributed by atoms with E-state index in [9.17, 15) is 14.0 Å². The maximum absolute atomic E-state index is 14.4. The number of nitrogens with zero attached hydrogens (tertiary/aromatic N) is 3. The molecule has 1 aromatic heterocycles. The minimum atomic E-state index is -0.380. The summed E-state index contributed by atoms with van der Waals surface area (Å²) in [7, 11) is 1.66. The van der Waals surface area contributed by atoms with Gasteiger partial charge in [-0.25, -0.2) is 9.18 Å². The molecule has 0 bridgehead atoms. The lowest BCUT2D eigenvalue weighted by atomic mass is 10.1. The number of hydrogen-bond acceptors (Lipinski definition) is 6. The Morgan fingerprint density at radius 2 is 2.10 bits per heavy atom. The molecule has 1 aromatic carbocycles. The zero-order valence-electron chi connectivity index (χ0n) is 16.7. The Kier molecular flexibility index (Phi) is 5.80. The molecule has 3 heterocycles. The number of halogens is 1. The number of carbonyl (C=O) groups excluding carboxylic acids is 1. The van der Waals surface area contributed by atoms with E-state index in [1.165, 1.54) is 16.7 Å². The Labute approximate surface area is 173 Å². The Morgan fingerprint density at radius 3 is 2.90 bits per heavy atom. The van der Waals surface area contributed by atoms with E-state index in [4.69, 9.17) is 4.74 Å². The monoisotopic (exact) mass is 413 g/mol. The molecule has 0 unspecified atom stereocenters. The van der Waals surface area contributed by atoms with Crippen LogP contribution in [0.25, 0.3) is 10.9 Å². The Hall–Kier alpha value is -3.20. The second-order valence-corrected chi connectivity index (χ2v) is 7.33. The molecular formula is C21H24FN5O3. The topological polar surface area (TPSA) is 88.0 Å². The van der Waals surface area contributed by atoms with E-state index in [1.807, 2.05) is 0 Å². The third-order valence-corrected chi connectivity index (χ3v) is 5.36. The molecule has 2 aliphatic heterocycles. The molecule has 4 rings (SSSR count). The molecule has 0 spiro atoms. The van der Waals surface area contributed by atoms with Gasteiger partial charge in [-0.15, -0.1) is 0 Å². The number of amides is 1. The quantitative estimate of drug-likeness (QED) is 0.672. The van der Waals surface area contributed by atoms with E-state index in [2.05, 4.69) is 15.6 Å². The molecule has 1 fully saturated rings. The van der Waals surface area contributed by atoms with Crippen LogP contribution in [0, 0.1) is 5.82 Å². The van der Waals surface area contributed by atoms with Crippen molar-refractivity contribution in [3.05, 3.63) is 58.0 Å². The fourth-order valence-corrected chi connectivity index (χ4v) is 3.79. The van der Waals surface area contributed by atoms with Crippen molar-refractivity contribution < 1.29 is 13.9 Å². The number of ether oxygens (including phenoxy) is 1. The first kappa shape index (κ1) is 20.1. The lowest BCUT2D eigenvalue weighted by Crippen LogP contribution is -2.35. The molecule has 2 aliphatic rings. The van der Waals surface area contributed by atoms with Gasteiger partial charge in [0.25, 0.3) is 5.56 Å². The molecular weight excluding hydrogens is 389 g/mol. The summed E-state index contributed by atoms with van der Waals surface area (Å²) < 4.78 is 21.3. The molecule has 30 heavy (non-hydrogen) atoms. The number of aromatic nitrogens is 1. The zero-order chi connectivity index (χ0) is 21.1. The van der Waals surface area contributed by atoms with E-state index in [0.717, 1.165) is 5.39 Å². The van der Waals surface area contributed by atoms with Crippen LogP contribution in [0.5, 0.6) is 0 Å². The largest absolute Gasteiger partial charge is 0.444 e. The summed E-state index contributed by atoms with van der Waals surface area (Å²) in [6, 6.07) is 6.33. The predicted molar refractivity (Wildman–Crippen MR) is 112 cm³/mol. The standard InChI is InChI=1S/C21H24FN5O3/c1-26-19(28)5-3-14-2-4-17(22)16(20(14)26)7-9-23-8-6-15-13-27(21(29)30-15)18-12-24-10-11-25-18/h2-5,10,12,15,23,25H,6-9,11,13H2,1H3/t15-/m0/s1. The van der Waals surface area contributed by atoms with E-state index in [1.54, 1.807) is 36.5 Å². The molecule has 1 amide bonds. The highest BCUT2D eigenvalue weighted by atomic mass is 19.1. The second kappa shape index (κ2) is 8.66. The lowest BCUT2D eigenvalue weighted by molar-refractivity contribution is 0.130. The minimum absolute atomic E-state index is 0.164. The first-order valence-corrected chi connectivity index (χ1v) is 9.96. The maximum atomic E-state index is 14.4. The van der Waals surface area contributed by atoms with Gasteiger partial charge in [-0.3, -0.25) is 14.7 Å². The van der Waals surface area contributed by atoms with E-state index >= 15 is 0 Å². The maximum Gasteiger partial charge on any atom is 0.415 e. The van der Waals surface area contributed by atoms with Gasteiger partial charge in [0, 0.05) is 24.9 Å². The summed E-state index contributed by atoms with van der Waals surface area (Å²) >= 11 is 0. The number of aliphatic imine (C=N–C) groups is 1. The molecule has 2 N–H and O–H groups in total. The highest BCUT2D eigenvalue weighted by Gasteiger charge is 2.33. The van der Waals surface area contributed by atoms with Gasteiger partial charge in [-0.2, -0.15) is 0 Å². The fraction of sp³-hybridized carbons (Fsp3) is 0.381. The smallest absolute Gasteiger partial charge is 0.415 e. The number of rotatable bonds is 7. The normalized spacial score (nSPS) is 18.5. The van der Waals surface area contributed by atoms with Crippen molar-refractivity contribution in [1.82, 2.24) is 20.1 Å². The molecule has 0 saturated carbocycles. The average molecular weight is 413 g/mol. The number of fused-ring (bicyclic) bond motifs is 1. The Balaban J connectivity index is 1.30. The predicted octanol–water partition coefficient (Wildman–Crippen LogP) is 1.49.